The lowest BCUT2D eigenvalue weighted by atomic mass is 10.3. The third-order valence-corrected chi connectivity index (χ3v) is 3.74. The van der Waals surface area contributed by atoms with Gasteiger partial charge >= 0.3 is 0 Å². The summed E-state index contributed by atoms with van der Waals surface area (Å²) in [5.74, 6) is 0.973. The molecule has 2 aromatic heterocycles. The number of carbonyl (C=O) groups is 1. The van der Waals surface area contributed by atoms with E-state index in [4.69, 9.17) is 4.42 Å². The molecule has 0 radical (unpaired) electrons. The summed E-state index contributed by atoms with van der Waals surface area (Å²) in [6.45, 7) is 0.578. The Hall–Kier alpha value is -1.55. The Balaban J connectivity index is 1.78. The highest BCUT2D eigenvalue weighted by molar-refractivity contribution is 7.12. The van der Waals surface area contributed by atoms with E-state index in [9.17, 15) is 4.79 Å². The first kappa shape index (κ1) is 10.6. The second kappa shape index (κ2) is 4.37. The average Bonchev–Trinajstić information content (AvgIpc) is 2.86. The zero-order chi connectivity index (χ0) is 11.7. The summed E-state index contributed by atoms with van der Waals surface area (Å²) in [7, 11) is 0. The highest BCUT2D eigenvalue weighted by Crippen LogP contribution is 2.30. The summed E-state index contributed by atoms with van der Waals surface area (Å²) < 4.78 is 5.32. The van der Waals surface area contributed by atoms with Crippen molar-refractivity contribution in [3.8, 4) is 0 Å². The summed E-state index contributed by atoms with van der Waals surface area (Å²) >= 11 is 1.50. The molecule has 2 heterocycles. The molecule has 2 aromatic rings. The minimum atomic E-state index is 0.124. The standard InChI is InChI=1S/C13H13NO2S/c15-13(12-4-2-8-17-12)14(10-5-6-10)9-11-3-1-7-16-11/h1-4,7-8,10H,5-6,9H2. The second-order valence-corrected chi connectivity index (χ2v) is 5.17. The van der Waals surface area contributed by atoms with Gasteiger partial charge in [0.2, 0.25) is 0 Å². The third-order valence-electron chi connectivity index (χ3n) is 2.89. The van der Waals surface area contributed by atoms with Crippen molar-refractivity contribution < 1.29 is 9.21 Å². The molecule has 1 aliphatic carbocycles. The first-order chi connectivity index (χ1) is 8.34. The highest BCUT2D eigenvalue weighted by atomic mass is 32.1. The van der Waals surface area contributed by atoms with Gasteiger partial charge in [0.1, 0.15) is 5.76 Å². The number of rotatable bonds is 4. The van der Waals surface area contributed by atoms with Crippen LogP contribution in [0.15, 0.2) is 40.3 Å². The molecule has 88 valence electrons. The van der Waals surface area contributed by atoms with Crippen LogP contribution in [0.1, 0.15) is 28.3 Å². The smallest absolute Gasteiger partial charge is 0.264 e. The van der Waals surface area contributed by atoms with Crippen LogP contribution >= 0.6 is 11.3 Å². The Labute approximate surface area is 104 Å². The Morgan fingerprint density at radius 1 is 1.41 bits per heavy atom. The number of amides is 1. The van der Waals surface area contributed by atoms with Gasteiger partial charge in [-0.1, -0.05) is 6.07 Å². The van der Waals surface area contributed by atoms with E-state index in [1.54, 1.807) is 6.26 Å². The van der Waals surface area contributed by atoms with E-state index in [0.717, 1.165) is 23.5 Å². The molecule has 0 bridgehead atoms. The maximum Gasteiger partial charge on any atom is 0.264 e. The summed E-state index contributed by atoms with van der Waals surface area (Å²) in [4.78, 5) is 15.0. The molecule has 0 spiro atoms. The van der Waals surface area contributed by atoms with Gasteiger partial charge in [-0.2, -0.15) is 0 Å². The maximum atomic E-state index is 12.3. The number of hydrogen-bond acceptors (Lipinski definition) is 3. The minimum Gasteiger partial charge on any atom is -0.467 e. The normalized spacial score (nSPS) is 14.8. The maximum absolute atomic E-state index is 12.3. The van der Waals surface area contributed by atoms with Gasteiger partial charge in [0.15, 0.2) is 0 Å². The second-order valence-electron chi connectivity index (χ2n) is 4.22. The SMILES string of the molecule is O=C(c1cccs1)N(Cc1ccco1)C1CC1. The fourth-order valence-corrected chi connectivity index (χ4v) is 2.54. The third kappa shape index (κ3) is 2.26. The van der Waals surface area contributed by atoms with Crippen molar-refractivity contribution in [2.75, 3.05) is 0 Å². The summed E-state index contributed by atoms with van der Waals surface area (Å²) in [5, 5.41) is 1.94. The first-order valence-corrected chi connectivity index (χ1v) is 6.59. The molecule has 0 aromatic carbocycles. The topological polar surface area (TPSA) is 33.5 Å². The van der Waals surface area contributed by atoms with E-state index in [1.807, 2.05) is 34.5 Å². The van der Waals surface area contributed by atoms with Gasteiger partial charge < -0.3 is 9.32 Å². The minimum absolute atomic E-state index is 0.124. The lowest BCUT2D eigenvalue weighted by molar-refractivity contribution is 0.0722. The average molecular weight is 247 g/mol. The molecule has 4 heteroatoms. The van der Waals surface area contributed by atoms with Crippen LogP contribution in [-0.4, -0.2) is 16.8 Å². The molecule has 3 nitrogen and oxygen atoms in total. The molecule has 0 N–H and O–H groups in total. The molecule has 1 fully saturated rings. The van der Waals surface area contributed by atoms with Gasteiger partial charge in [0.25, 0.3) is 5.91 Å². The van der Waals surface area contributed by atoms with E-state index >= 15 is 0 Å². The first-order valence-electron chi connectivity index (χ1n) is 5.71. The summed E-state index contributed by atoms with van der Waals surface area (Å²) in [6, 6.07) is 7.96. The van der Waals surface area contributed by atoms with Crippen LogP contribution in [0.4, 0.5) is 0 Å². The molecule has 0 aliphatic heterocycles. The van der Waals surface area contributed by atoms with Gasteiger partial charge in [-0.05, 0) is 36.4 Å². The monoisotopic (exact) mass is 247 g/mol. The fraction of sp³-hybridized carbons (Fsp3) is 0.308. The lowest BCUT2D eigenvalue weighted by Crippen LogP contribution is -2.31. The van der Waals surface area contributed by atoms with Crippen molar-refractivity contribution in [3.05, 3.63) is 46.5 Å². The molecule has 0 atom stereocenters. The van der Waals surface area contributed by atoms with Crippen molar-refractivity contribution in [3.63, 3.8) is 0 Å². The number of thiophene rings is 1. The van der Waals surface area contributed by atoms with E-state index in [0.29, 0.717) is 12.6 Å². The summed E-state index contributed by atoms with van der Waals surface area (Å²) in [5.41, 5.74) is 0. The van der Waals surface area contributed by atoms with Crippen molar-refractivity contribution in [2.45, 2.75) is 25.4 Å². The predicted molar refractivity (Wildman–Crippen MR) is 65.9 cm³/mol. The molecular formula is C13H13NO2S. The van der Waals surface area contributed by atoms with E-state index in [2.05, 4.69) is 0 Å². The number of furan rings is 1. The van der Waals surface area contributed by atoms with E-state index < -0.39 is 0 Å². The van der Waals surface area contributed by atoms with Crippen molar-refractivity contribution in [2.24, 2.45) is 0 Å². The lowest BCUT2D eigenvalue weighted by Gasteiger charge is -2.20. The van der Waals surface area contributed by atoms with Gasteiger partial charge in [-0.3, -0.25) is 4.79 Å². The van der Waals surface area contributed by atoms with Gasteiger partial charge in [-0.15, -0.1) is 11.3 Å². The largest absolute Gasteiger partial charge is 0.467 e. The van der Waals surface area contributed by atoms with Crippen LogP contribution in [-0.2, 0) is 6.54 Å². The molecule has 0 unspecified atom stereocenters. The van der Waals surface area contributed by atoms with Crippen LogP contribution in [0.2, 0.25) is 0 Å². The molecular weight excluding hydrogens is 234 g/mol. The van der Waals surface area contributed by atoms with Crippen LogP contribution in [0.25, 0.3) is 0 Å². The van der Waals surface area contributed by atoms with Crippen LogP contribution < -0.4 is 0 Å². The van der Waals surface area contributed by atoms with Gasteiger partial charge in [-0.25, -0.2) is 0 Å². The number of hydrogen-bond donors (Lipinski definition) is 0. The Morgan fingerprint density at radius 2 is 2.29 bits per heavy atom. The number of nitrogens with zero attached hydrogens (tertiary/aromatic N) is 1. The van der Waals surface area contributed by atoms with Crippen LogP contribution in [0, 0.1) is 0 Å². The van der Waals surface area contributed by atoms with Crippen molar-refractivity contribution >= 4 is 17.2 Å². The molecule has 3 rings (SSSR count). The Kier molecular flexibility index (Phi) is 2.73. The fourth-order valence-electron chi connectivity index (χ4n) is 1.87. The van der Waals surface area contributed by atoms with Crippen LogP contribution in [0.3, 0.4) is 0 Å². The summed E-state index contributed by atoms with van der Waals surface area (Å²) in [6.07, 6.45) is 3.87. The van der Waals surface area contributed by atoms with Gasteiger partial charge in [0.05, 0.1) is 17.7 Å². The molecule has 1 amide bonds. The highest BCUT2D eigenvalue weighted by Gasteiger charge is 2.33. The molecule has 1 aliphatic rings. The van der Waals surface area contributed by atoms with Gasteiger partial charge in [0, 0.05) is 6.04 Å². The number of carbonyl (C=O) groups excluding carboxylic acids is 1. The van der Waals surface area contributed by atoms with Crippen LogP contribution in [0.5, 0.6) is 0 Å². The zero-order valence-electron chi connectivity index (χ0n) is 9.33. The Bertz CT molecular complexity index is 485. The molecule has 1 saturated carbocycles. The predicted octanol–water partition coefficient (Wildman–Crippen LogP) is 3.15. The zero-order valence-corrected chi connectivity index (χ0v) is 10.2. The van der Waals surface area contributed by atoms with Crippen molar-refractivity contribution in [1.82, 2.24) is 4.90 Å². The van der Waals surface area contributed by atoms with E-state index in [-0.39, 0.29) is 5.91 Å². The quantitative estimate of drug-likeness (QED) is 0.831. The van der Waals surface area contributed by atoms with Crippen molar-refractivity contribution in [1.29, 1.82) is 0 Å². The van der Waals surface area contributed by atoms with E-state index in [1.165, 1.54) is 11.3 Å². The Morgan fingerprint density at radius 3 is 2.88 bits per heavy atom. The molecule has 17 heavy (non-hydrogen) atoms. The molecule has 0 saturated heterocycles.